The van der Waals surface area contributed by atoms with Gasteiger partial charge >= 0.3 is 5.63 Å². The number of amides is 1. The standard InChI is InChI=1S/C20H21N3O4/c24-19(22-18-10-11-21-23(18)15-4-2-1-3-5-15)13-26-16-8-6-14-7-9-20(25)27-17(14)12-16/h6-12,15H,1-5,13H2,(H,22,24). The molecule has 1 aliphatic rings. The summed E-state index contributed by atoms with van der Waals surface area (Å²) in [5.41, 5.74) is 0.00384. The van der Waals surface area contributed by atoms with E-state index in [0.717, 1.165) is 18.2 Å². The Hall–Kier alpha value is -3.09. The van der Waals surface area contributed by atoms with Crippen molar-refractivity contribution in [1.82, 2.24) is 9.78 Å². The van der Waals surface area contributed by atoms with E-state index in [4.69, 9.17) is 9.15 Å². The fourth-order valence-electron chi connectivity index (χ4n) is 3.49. The summed E-state index contributed by atoms with van der Waals surface area (Å²) >= 11 is 0. The molecule has 1 aliphatic carbocycles. The van der Waals surface area contributed by atoms with Crippen molar-refractivity contribution >= 4 is 22.7 Å². The molecule has 1 saturated carbocycles. The van der Waals surface area contributed by atoms with Crippen LogP contribution in [0.1, 0.15) is 38.1 Å². The Morgan fingerprint density at radius 1 is 1.19 bits per heavy atom. The number of nitrogens with zero attached hydrogens (tertiary/aromatic N) is 2. The Morgan fingerprint density at radius 2 is 2.00 bits per heavy atom. The van der Waals surface area contributed by atoms with E-state index in [9.17, 15) is 9.59 Å². The van der Waals surface area contributed by atoms with Crippen LogP contribution in [0.15, 0.2) is 51.8 Å². The van der Waals surface area contributed by atoms with E-state index in [2.05, 4.69) is 10.4 Å². The summed E-state index contributed by atoms with van der Waals surface area (Å²) in [6, 6.07) is 10.3. The summed E-state index contributed by atoms with van der Waals surface area (Å²) in [4.78, 5) is 23.6. The molecule has 0 aliphatic heterocycles. The molecule has 4 rings (SSSR count). The molecule has 1 N–H and O–H groups in total. The Kier molecular flexibility index (Phi) is 4.91. The molecule has 0 saturated heterocycles. The van der Waals surface area contributed by atoms with Gasteiger partial charge in [0.25, 0.3) is 5.91 Å². The molecule has 0 unspecified atom stereocenters. The van der Waals surface area contributed by atoms with Crippen molar-refractivity contribution in [2.75, 3.05) is 11.9 Å². The second kappa shape index (κ2) is 7.65. The molecule has 140 valence electrons. The lowest BCUT2D eigenvalue weighted by molar-refractivity contribution is -0.118. The van der Waals surface area contributed by atoms with Gasteiger partial charge < -0.3 is 14.5 Å². The van der Waals surface area contributed by atoms with Gasteiger partial charge in [-0.05, 0) is 31.0 Å². The molecule has 1 amide bonds. The van der Waals surface area contributed by atoms with Gasteiger partial charge in [0.2, 0.25) is 0 Å². The molecule has 0 radical (unpaired) electrons. The lowest BCUT2D eigenvalue weighted by Crippen LogP contribution is -2.24. The maximum Gasteiger partial charge on any atom is 0.336 e. The zero-order chi connectivity index (χ0) is 18.6. The summed E-state index contributed by atoms with van der Waals surface area (Å²) in [6.07, 6.45) is 7.53. The third kappa shape index (κ3) is 4.02. The Labute approximate surface area is 155 Å². The van der Waals surface area contributed by atoms with Crippen LogP contribution in [0.25, 0.3) is 11.0 Å². The summed E-state index contributed by atoms with van der Waals surface area (Å²) in [7, 11) is 0. The Morgan fingerprint density at radius 3 is 2.85 bits per heavy atom. The van der Waals surface area contributed by atoms with E-state index in [1.165, 1.54) is 25.3 Å². The zero-order valence-corrected chi connectivity index (χ0v) is 14.9. The van der Waals surface area contributed by atoms with Crippen molar-refractivity contribution in [3.8, 4) is 5.75 Å². The largest absolute Gasteiger partial charge is 0.484 e. The van der Waals surface area contributed by atoms with Crippen LogP contribution in [0.4, 0.5) is 5.82 Å². The topological polar surface area (TPSA) is 86.4 Å². The summed E-state index contributed by atoms with van der Waals surface area (Å²) in [5, 5.41) is 8.03. The molecule has 2 aromatic heterocycles. The van der Waals surface area contributed by atoms with Crippen molar-refractivity contribution in [3.63, 3.8) is 0 Å². The lowest BCUT2D eigenvalue weighted by Gasteiger charge is -2.23. The maximum atomic E-state index is 12.3. The average molecular weight is 367 g/mol. The summed E-state index contributed by atoms with van der Waals surface area (Å²) in [6.45, 7) is -0.140. The molecular weight excluding hydrogens is 346 g/mol. The first-order valence-electron chi connectivity index (χ1n) is 9.19. The molecule has 1 aromatic carbocycles. The van der Waals surface area contributed by atoms with Gasteiger partial charge in [-0.1, -0.05) is 19.3 Å². The monoisotopic (exact) mass is 367 g/mol. The van der Waals surface area contributed by atoms with E-state index >= 15 is 0 Å². The molecular formula is C20H21N3O4. The maximum absolute atomic E-state index is 12.3. The molecule has 7 nitrogen and oxygen atoms in total. The zero-order valence-electron chi connectivity index (χ0n) is 14.9. The van der Waals surface area contributed by atoms with Gasteiger partial charge in [0.05, 0.1) is 12.2 Å². The van der Waals surface area contributed by atoms with Crippen LogP contribution in [0.2, 0.25) is 0 Å². The van der Waals surface area contributed by atoms with Gasteiger partial charge in [-0.3, -0.25) is 4.79 Å². The highest BCUT2D eigenvalue weighted by atomic mass is 16.5. The number of aromatic nitrogens is 2. The van der Waals surface area contributed by atoms with Crippen LogP contribution in [-0.4, -0.2) is 22.3 Å². The van der Waals surface area contributed by atoms with Gasteiger partial charge in [0, 0.05) is 23.6 Å². The minimum atomic E-state index is -0.423. The first kappa shape index (κ1) is 17.3. The Bertz CT molecular complexity index is 1000. The van der Waals surface area contributed by atoms with Crippen LogP contribution >= 0.6 is 0 Å². The fourth-order valence-corrected chi connectivity index (χ4v) is 3.49. The highest BCUT2D eigenvalue weighted by Gasteiger charge is 2.19. The number of carbonyl (C=O) groups is 1. The number of anilines is 1. The van der Waals surface area contributed by atoms with Crippen LogP contribution in [-0.2, 0) is 4.79 Å². The van der Waals surface area contributed by atoms with Crippen molar-refractivity contribution in [2.45, 2.75) is 38.1 Å². The number of benzene rings is 1. The van der Waals surface area contributed by atoms with Gasteiger partial charge in [-0.2, -0.15) is 5.10 Å². The van der Waals surface area contributed by atoms with Crippen LogP contribution in [0.5, 0.6) is 5.75 Å². The number of hydrogen-bond acceptors (Lipinski definition) is 5. The predicted molar refractivity (Wildman–Crippen MR) is 101 cm³/mol. The highest BCUT2D eigenvalue weighted by Crippen LogP contribution is 2.29. The third-order valence-corrected chi connectivity index (χ3v) is 4.82. The smallest absolute Gasteiger partial charge is 0.336 e. The number of carbonyl (C=O) groups excluding carboxylic acids is 1. The minimum absolute atomic E-state index is 0.140. The van der Waals surface area contributed by atoms with Gasteiger partial charge in [0.15, 0.2) is 6.61 Å². The number of hydrogen-bond donors (Lipinski definition) is 1. The van der Waals surface area contributed by atoms with Crippen molar-refractivity contribution < 1.29 is 13.9 Å². The van der Waals surface area contributed by atoms with E-state index in [1.54, 1.807) is 36.5 Å². The molecule has 2 heterocycles. The Balaban J connectivity index is 1.39. The molecule has 27 heavy (non-hydrogen) atoms. The van der Waals surface area contributed by atoms with E-state index in [0.29, 0.717) is 23.2 Å². The molecule has 0 atom stereocenters. The van der Waals surface area contributed by atoms with Crippen molar-refractivity contribution in [1.29, 1.82) is 0 Å². The number of nitrogens with one attached hydrogen (secondary N) is 1. The lowest BCUT2D eigenvalue weighted by atomic mass is 9.96. The van der Waals surface area contributed by atoms with Crippen molar-refractivity contribution in [2.24, 2.45) is 0 Å². The molecule has 3 aromatic rings. The van der Waals surface area contributed by atoms with E-state index < -0.39 is 5.63 Å². The van der Waals surface area contributed by atoms with Crippen LogP contribution < -0.4 is 15.7 Å². The minimum Gasteiger partial charge on any atom is -0.484 e. The summed E-state index contributed by atoms with van der Waals surface area (Å²) in [5.74, 6) is 0.898. The van der Waals surface area contributed by atoms with Crippen LogP contribution in [0, 0.1) is 0 Å². The fraction of sp³-hybridized carbons (Fsp3) is 0.350. The van der Waals surface area contributed by atoms with Crippen molar-refractivity contribution in [3.05, 3.63) is 53.0 Å². The molecule has 0 bridgehead atoms. The predicted octanol–water partition coefficient (Wildman–Crippen LogP) is 3.51. The quantitative estimate of drug-likeness (QED) is 0.698. The van der Waals surface area contributed by atoms with E-state index in [-0.39, 0.29) is 12.5 Å². The average Bonchev–Trinajstić information content (AvgIpc) is 3.14. The highest BCUT2D eigenvalue weighted by molar-refractivity contribution is 5.91. The molecule has 7 heteroatoms. The third-order valence-electron chi connectivity index (χ3n) is 4.82. The van der Waals surface area contributed by atoms with Crippen LogP contribution in [0.3, 0.4) is 0 Å². The number of ether oxygens (including phenoxy) is 1. The first-order valence-corrected chi connectivity index (χ1v) is 9.19. The summed E-state index contributed by atoms with van der Waals surface area (Å²) < 4.78 is 12.6. The molecule has 1 fully saturated rings. The normalized spacial score (nSPS) is 15.0. The van der Waals surface area contributed by atoms with Gasteiger partial charge in [0.1, 0.15) is 17.2 Å². The van der Waals surface area contributed by atoms with E-state index in [1.807, 2.05) is 4.68 Å². The molecule has 0 spiro atoms. The SMILES string of the molecule is O=C(COc1ccc2ccc(=O)oc2c1)Nc1ccnn1C1CCCCC1. The first-order chi connectivity index (χ1) is 13.2. The van der Waals surface area contributed by atoms with Gasteiger partial charge in [-0.15, -0.1) is 0 Å². The second-order valence-electron chi connectivity index (χ2n) is 6.74. The second-order valence-corrected chi connectivity index (χ2v) is 6.74. The van der Waals surface area contributed by atoms with Gasteiger partial charge in [-0.25, -0.2) is 9.48 Å². The number of fused-ring (bicyclic) bond motifs is 1. The number of rotatable bonds is 5.